The first-order valence-corrected chi connectivity index (χ1v) is 14.6. The zero-order valence-electron chi connectivity index (χ0n) is 22.0. The smallest absolute Gasteiger partial charge is 0.303 e. The molecule has 1 N–H and O–H groups in total. The van der Waals surface area contributed by atoms with E-state index in [1.807, 2.05) is 0 Å². The van der Waals surface area contributed by atoms with Crippen molar-refractivity contribution in [2.45, 2.75) is 116 Å². The first kappa shape index (κ1) is 31.1. The van der Waals surface area contributed by atoms with E-state index >= 15 is 0 Å². The molecule has 5 nitrogen and oxygen atoms in total. The van der Waals surface area contributed by atoms with Crippen LogP contribution in [0.4, 0.5) is 13.2 Å². The van der Waals surface area contributed by atoms with E-state index in [1.165, 1.54) is 69.1 Å². The van der Waals surface area contributed by atoms with Gasteiger partial charge in [-0.15, -0.1) is 11.3 Å². The number of unbranched alkanes of at least 4 members (excludes halogenated alkanes) is 13. The van der Waals surface area contributed by atoms with Gasteiger partial charge < -0.3 is 10.0 Å². The number of carbonyl (C=O) groups is 2. The minimum atomic E-state index is -1.31. The summed E-state index contributed by atoms with van der Waals surface area (Å²) in [6, 6.07) is 0.490. The van der Waals surface area contributed by atoms with E-state index in [4.69, 9.17) is 5.11 Å². The molecule has 2 rings (SSSR count). The Bertz CT molecular complexity index is 983. The monoisotopic (exact) mass is 542 g/mol. The molecule has 1 amide bonds. The highest BCUT2D eigenvalue weighted by Gasteiger charge is 2.21. The van der Waals surface area contributed by atoms with Gasteiger partial charge in [0.2, 0.25) is 5.91 Å². The van der Waals surface area contributed by atoms with Gasteiger partial charge in [-0.25, -0.2) is 18.2 Å². The van der Waals surface area contributed by atoms with Crippen molar-refractivity contribution >= 4 is 33.4 Å². The van der Waals surface area contributed by atoms with Crippen molar-refractivity contribution in [3.8, 4) is 0 Å². The van der Waals surface area contributed by atoms with Crippen LogP contribution in [0, 0.1) is 17.5 Å². The van der Waals surface area contributed by atoms with Gasteiger partial charge in [0.05, 0.1) is 17.7 Å². The van der Waals surface area contributed by atoms with Crippen molar-refractivity contribution in [2.24, 2.45) is 0 Å². The van der Waals surface area contributed by atoms with Gasteiger partial charge in [-0.05, 0) is 6.42 Å². The highest BCUT2D eigenvalue weighted by atomic mass is 32.1. The van der Waals surface area contributed by atoms with Gasteiger partial charge in [-0.2, -0.15) is 0 Å². The van der Waals surface area contributed by atoms with Crippen LogP contribution in [0.5, 0.6) is 0 Å². The molecule has 0 unspecified atom stereocenters. The molecule has 0 atom stereocenters. The number of carbonyl (C=O) groups excluding carboxylic acids is 1. The van der Waals surface area contributed by atoms with Crippen LogP contribution in [-0.2, 0) is 16.1 Å². The van der Waals surface area contributed by atoms with Gasteiger partial charge in [0.15, 0.2) is 11.6 Å². The Kier molecular flexibility index (Phi) is 14.6. The van der Waals surface area contributed by atoms with E-state index in [-0.39, 0.29) is 40.5 Å². The molecule has 2 aromatic rings. The van der Waals surface area contributed by atoms with E-state index < -0.39 is 23.4 Å². The van der Waals surface area contributed by atoms with Crippen molar-refractivity contribution < 1.29 is 27.9 Å². The van der Waals surface area contributed by atoms with Crippen molar-refractivity contribution in [1.82, 2.24) is 9.88 Å². The molecule has 0 aliphatic carbocycles. The van der Waals surface area contributed by atoms with E-state index in [0.29, 0.717) is 12.6 Å². The van der Waals surface area contributed by atoms with Gasteiger partial charge in [0, 0.05) is 19.0 Å². The lowest BCUT2D eigenvalue weighted by Gasteiger charge is -2.21. The number of aliphatic carboxylic acids is 1. The lowest BCUT2D eigenvalue weighted by Crippen LogP contribution is -2.31. The first-order valence-electron chi connectivity index (χ1n) is 13.8. The predicted octanol–water partition coefficient (Wildman–Crippen LogP) is 8.39. The topological polar surface area (TPSA) is 70.5 Å². The highest BCUT2D eigenvalue weighted by Crippen LogP contribution is 2.29. The van der Waals surface area contributed by atoms with Crippen LogP contribution < -0.4 is 0 Å². The average molecular weight is 543 g/mol. The molecule has 37 heavy (non-hydrogen) atoms. The predicted molar refractivity (Wildman–Crippen MR) is 142 cm³/mol. The maximum Gasteiger partial charge on any atom is 0.303 e. The summed E-state index contributed by atoms with van der Waals surface area (Å²) in [5.41, 5.74) is -0.382. The Hall–Kier alpha value is -2.16. The molecule has 0 fully saturated rings. The summed E-state index contributed by atoms with van der Waals surface area (Å²) in [4.78, 5) is 29.1. The fraction of sp³-hybridized carbons (Fsp3) is 0.679. The number of hydrogen-bond acceptors (Lipinski definition) is 4. The van der Waals surface area contributed by atoms with E-state index in [1.54, 1.807) is 0 Å². The molecule has 208 valence electrons. The summed E-state index contributed by atoms with van der Waals surface area (Å²) in [7, 11) is 0. The molecule has 0 aliphatic heterocycles. The summed E-state index contributed by atoms with van der Waals surface area (Å²) >= 11 is 0.877. The Morgan fingerprint density at radius 2 is 1.38 bits per heavy atom. The second-order valence-electron chi connectivity index (χ2n) is 9.74. The molecule has 0 saturated carbocycles. The SMILES string of the molecule is CCCCCCCCCCCCCCCCN(Cc1nc2c(F)c(F)cc(F)c2s1)C(=O)CCC(=O)O. The van der Waals surface area contributed by atoms with Crippen molar-refractivity contribution in [1.29, 1.82) is 0 Å². The Morgan fingerprint density at radius 3 is 1.92 bits per heavy atom. The lowest BCUT2D eigenvalue weighted by molar-refractivity contribution is -0.141. The molecule has 0 saturated heterocycles. The average Bonchev–Trinajstić information content (AvgIpc) is 3.30. The number of fused-ring (bicyclic) bond motifs is 1. The van der Waals surface area contributed by atoms with Crippen LogP contribution in [0.3, 0.4) is 0 Å². The highest BCUT2D eigenvalue weighted by molar-refractivity contribution is 7.18. The van der Waals surface area contributed by atoms with Crippen LogP contribution in [0.1, 0.15) is 115 Å². The summed E-state index contributed by atoms with van der Waals surface area (Å²) in [6.07, 6.45) is 16.5. The number of nitrogens with zero attached hydrogens (tertiary/aromatic N) is 2. The van der Waals surface area contributed by atoms with Gasteiger partial charge in [-0.1, -0.05) is 90.4 Å². The minimum Gasteiger partial charge on any atom is -0.481 e. The summed E-state index contributed by atoms with van der Waals surface area (Å²) in [5, 5.41) is 9.21. The first-order chi connectivity index (χ1) is 17.8. The second-order valence-corrected chi connectivity index (χ2v) is 10.8. The molecule has 1 aromatic heterocycles. The quantitative estimate of drug-likeness (QED) is 0.135. The minimum absolute atomic E-state index is 0.0107. The maximum atomic E-state index is 14.1. The molecular weight excluding hydrogens is 501 g/mol. The second kappa shape index (κ2) is 17.4. The van der Waals surface area contributed by atoms with Crippen LogP contribution in [0.25, 0.3) is 10.2 Å². The number of amides is 1. The largest absolute Gasteiger partial charge is 0.481 e. The van der Waals surface area contributed by atoms with E-state index in [2.05, 4.69) is 11.9 Å². The Labute approximate surface area is 222 Å². The standard InChI is InChI=1S/C28H41F3N2O3S/c1-2-3-4-5-6-7-8-9-10-11-12-13-14-15-18-33(24(34)16-17-25(35)36)20-23-32-27-26(31)21(29)19-22(30)28(27)37-23/h19H,2-18,20H2,1H3,(H,35,36). The van der Waals surface area contributed by atoms with Crippen LogP contribution in [0.15, 0.2) is 6.07 Å². The van der Waals surface area contributed by atoms with Crippen LogP contribution in [-0.4, -0.2) is 33.4 Å². The molecule has 0 radical (unpaired) electrons. The Balaban J connectivity index is 1.75. The van der Waals surface area contributed by atoms with Gasteiger partial charge in [-0.3, -0.25) is 9.59 Å². The number of halogens is 3. The number of thiazole rings is 1. The van der Waals surface area contributed by atoms with Crippen molar-refractivity contribution in [2.75, 3.05) is 6.54 Å². The van der Waals surface area contributed by atoms with Crippen LogP contribution in [0.2, 0.25) is 0 Å². The third-order valence-corrected chi connectivity index (χ3v) is 7.62. The number of aromatic nitrogens is 1. The van der Waals surface area contributed by atoms with Gasteiger partial charge in [0.1, 0.15) is 16.3 Å². The number of carboxylic acid groups (broad SMARTS) is 1. The Morgan fingerprint density at radius 1 is 0.838 bits per heavy atom. The van der Waals surface area contributed by atoms with Gasteiger partial charge in [0.25, 0.3) is 0 Å². The molecule has 0 spiro atoms. The number of rotatable bonds is 20. The molecule has 9 heteroatoms. The normalized spacial score (nSPS) is 11.4. The third kappa shape index (κ3) is 11.4. The summed E-state index contributed by atoms with van der Waals surface area (Å²) in [5.74, 6) is -4.82. The molecule has 1 aromatic carbocycles. The molecule has 0 bridgehead atoms. The summed E-state index contributed by atoms with van der Waals surface area (Å²) < 4.78 is 41.6. The van der Waals surface area contributed by atoms with Crippen molar-refractivity contribution in [3.63, 3.8) is 0 Å². The van der Waals surface area contributed by atoms with Crippen molar-refractivity contribution in [3.05, 3.63) is 28.5 Å². The zero-order valence-corrected chi connectivity index (χ0v) is 22.8. The fourth-order valence-electron chi connectivity index (χ4n) is 4.42. The molecule has 0 aliphatic rings. The lowest BCUT2D eigenvalue weighted by atomic mass is 10.0. The summed E-state index contributed by atoms with van der Waals surface area (Å²) in [6.45, 7) is 2.65. The zero-order chi connectivity index (χ0) is 27.0. The number of carboxylic acids is 1. The van der Waals surface area contributed by atoms with E-state index in [0.717, 1.165) is 37.0 Å². The molecular formula is C28H41F3N2O3S. The van der Waals surface area contributed by atoms with Crippen LogP contribution >= 0.6 is 11.3 Å². The van der Waals surface area contributed by atoms with Gasteiger partial charge >= 0.3 is 5.97 Å². The van der Waals surface area contributed by atoms with E-state index in [9.17, 15) is 22.8 Å². The maximum absolute atomic E-state index is 14.1. The number of hydrogen-bond donors (Lipinski definition) is 1. The number of benzene rings is 1. The molecule has 1 heterocycles. The fourth-order valence-corrected chi connectivity index (χ4v) is 5.40. The third-order valence-electron chi connectivity index (χ3n) is 6.57.